The molecule has 0 fully saturated rings. The molecule has 0 saturated heterocycles. The van der Waals surface area contributed by atoms with Crippen molar-refractivity contribution in [3.8, 4) is 17.5 Å². The first-order chi connectivity index (χ1) is 17.6. The smallest absolute Gasteiger partial charge is 0.417 e. The zero-order chi connectivity index (χ0) is 26.6. The lowest BCUT2D eigenvalue weighted by atomic mass is 10.1. The predicted molar refractivity (Wildman–Crippen MR) is 126 cm³/mol. The summed E-state index contributed by atoms with van der Waals surface area (Å²) in [5.74, 6) is -1.22. The van der Waals surface area contributed by atoms with E-state index in [2.05, 4.69) is 15.0 Å². The van der Waals surface area contributed by atoms with Crippen LogP contribution in [0.15, 0.2) is 66.1 Å². The van der Waals surface area contributed by atoms with Crippen LogP contribution in [0.25, 0.3) is 0 Å². The molecule has 4 aromatic rings. The molecule has 0 N–H and O–H groups in total. The molecule has 7 nitrogen and oxygen atoms in total. The van der Waals surface area contributed by atoms with Gasteiger partial charge in [-0.05, 0) is 41.5 Å². The third kappa shape index (κ3) is 6.62. The fourth-order valence-electron chi connectivity index (χ4n) is 3.43. The van der Waals surface area contributed by atoms with E-state index < -0.39 is 28.1 Å². The molecule has 0 saturated carbocycles. The summed E-state index contributed by atoms with van der Waals surface area (Å²) in [6.07, 6.45) is 2.16. The highest BCUT2D eigenvalue weighted by atomic mass is 35.5. The number of aryl methyl sites for hydroxylation is 1. The Labute approximate surface area is 213 Å². The number of benzene rings is 2. The fraction of sp³-hybridized carbons (Fsp3) is 0.200. The largest absolute Gasteiger partial charge is 0.464 e. The summed E-state index contributed by atoms with van der Waals surface area (Å²) in [6.45, 7) is 0.0952. The molecule has 0 unspecified atom stereocenters. The normalized spacial score (nSPS) is 11.4. The Hall–Kier alpha value is -3.99. The first kappa shape index (κ1) is 26.1. The molecule has 0 amide bonds. The number of halogens is 5. The van der Waals surface area contributed by atoms with Crippen molar-refractivity contribution < 1.29 is 27.0 Å². The van der Waals surface area contributed by atoms with E-state index in [0.29, 0.717) is 23.6 Å². The minimum Gasteiger partial charge on any atom is -0.464 e. The van der Waals surface area contributed by atoms with Crippen molar-refractivity contribution in [1.29, 1.82) is 0 Å². The van der Waals surface area contributed by atoms with Crippen LogP contribution < -0.4 is 15.0 Å². The lowest BCUT2D eigenvalue weighted by molar-refractivity contribution is -0.137. The summed E-state index contributed by atoms with van der Waals surface area (Å²) in [6, 6.07) is 7.11. The van der Waals surface area contributed by atoms with E-state index in [-0.39, 0.29) is 30.5 Å². The molecule has 0 spiro atoms. The van der Waals surface area contributed by atoms with E-state index in [0.717, 1.165) is 11.6 Å². The Morgan fingerprint density at radius 3 is 2.51 bits per heavy atom. The van der Waals surface area contributed by atoms with Crippen LogP contribution in [0.3, 0.4) is 0 Å². The highest BCUT2D eigenvalue weighted by molar-refractivity contribution is 6.31. The van der Waals surface area contributed by atoms with Gasteiger partial charge >= 0.3 is 6.18 Å². The van der Waals surface area contributed by atoms with Gasteiger partial charge in [-0.3, -0.25) is 4.79 Å². The molecule has 12 heteroatoms. The van der Waals surface area contributed by atoms with E-state index in [4.69, 9.17) is 21.1 Å². The average molecular weight is 535 g/mol. The average Bonchev–Trinajstić information content (AvgIpc) is 2.85. The predicted octanol–water partition coefficient (Wildman–Crippen LogP) is 5.39. The van der Waals surface area contributed by atoms with Crippen LogP contribution >= 0.6 is 11.6 Å². The molecule has 2 heterocycles. The summed E-state index contributed by atoms with van der Waals surface area (Å²) in [5.41, 5.74) is 0.237. The number of ether oxygens (including phenoxy) is 2. The van der Waals surface area contributed by atoms with Crippen molar-refractivity contribution in [3.05, 3.63) is 105 Å². The van der Waals surface area contributed by atoms with Crippen molar-refractivity contribution in [2.45, 2.75) is 19.0 Å². The van der Waals surface area contributed by atoms with Gasteiger partial charge in [-0.25, -0.2) is 14.4 Å². The maximum Gasteiger partial charge on any atom is 0.417 e. The summed E-state index contributed by atoms with van der Waals surface area (Å²) in [7, 11) is 1.68. The summed E-state index contributed by atoms with van der Waals surface area (Å²) >= 11 is 5.60. The standard InChI is InChI=1S/C25H19ClF4N4O3/c1-34-13-17(8-16-11-31-14-32-12-16)23(35)33-24(34)36-7-6-15-2-5-22(21(27)9-15)37-18-3-4-20(26)19(10-18)25(28,29)30/h2-5,9-14H,6-8H2,1H3. The maximum absolute atomic E-state index is 14.6. The number of alkyl halides is 3. The van der Waals surface area contributed by atoms with Crippen LogP contribution in [0.4, 0.5) is 17.6 Å². The zero-order valence-corrected chi connectivity index (χ0v) is 20.1. The highest BCUT2D eigenvalue weighted by Gasteiger charge is 2.33. The second-order valence-corrected chi connectivity index (χ2v) is 8.40. The Balaban J connectivity index is 1.38. The molecule has 2 aromatic carbocycles. The van der Waals surface area contributed by atoms with Gasteiger partial charge < -0.3 is 14.0 Å². The topological polar surface area (TPSA) is 79.1 Å². The van der Waals surface area contributed by atoms with Crippen molar-refractivity contribution in [2.24, 2.45) is 7.05 Å². The van der Waals surface area contributed by atoms with E-state index in [1.54, 1.807) is 36.3 Å². The maximum atomic E-state index is 14.6. The Morgan fingerprint density at radius 1 is 1.05 bits per heavy atom. The van der Waals surface area contributed by atoms with Crippen LogP contribution in [-0.4, -0.2) is 26.1 Å². The molecular formula is C25H19ClF4N4O3. The third-order valence-electron chi connectivity index (χ3n) is 5.22. The number of aromatic nitrogens is 4. The van der Waals surface area contributed by atoms with Gasteiger partial charge in [-0.15, -0.1) is 0 Å². The number of nitrogens with zero attached hydrogens (tertiary/aromatic N) is 4. The molecule has 0 bridgehead atoms. The van der Waals surface area contributed by atoms with E-state index >= 15 is 0 Å². The molecule has 0 aliphatic heterocycles. The molecular weight excluding hydrogens is 516 g/mol. The molecule has 4 rings (SSSR count). The monoisotopic (exact) mass is 534 g/mol. The minimum atomic E-state index is -4.67. The number of hydrogen-bond donors (Lipinski definition) is 0. The van der Waals surface area contributed by atoms with Gasteiger partial charge in [0.15, 0.2) is 11.6 Å². The van der Waals surface area contributed by atoms with Gasteiger partial charge in [-0.1, -0.05) is 17.7 Å². The SMILES string of the molecule is Cn1cc(Cc2cncnc2)c(=O)nc1OCCc1ccc(Oc2ccc(Cl)c(C(F)(F)F)c2)c(F)c1. The van der Waals surface area contributed by atoms with Crippen LogP contribution in [0.5, 0.6) is 17.5 Å². The second kappa shape index (κ2) is 11.0. The molecule has 0 aliphatic rings. The Morgan fingerprint density at radius 2 is 1.81 bits per heavy atom. The van der Waals surface area contributed by atoms with Gasteiger partial charge in [0.1, 0.15) is 12.1 Å². The lowest BCUT2D eigenvalue weighted by Gasteiger charge is -2.13. The van der Waals surface area contributed by atoms with Crippen molar-refractivity contribution >= 4 is 11.6 Å². The van der Waals surface area contributed by atoms with Crippen LogP contribution in [0, 0.1) is 5.82 Å². The molecule has 0 radical (unpaired) electrons. The first-order valence-corrected chi connectivity index (χ1v) is 11.2. The van der Waals surface area contributed by atoms with Crippen molar-refractivity contribution in [3.63, 3.8) is 0 Å². The van der Waals surface area contributed by atoms with Gasteiger partial charge in [0, 0.05) is 44.0 Å². The molecule has 0 atom stereocenters. The van der Waals surface area contributed by atoms with Crippen LogP contribution in [0.1, 0.15) is 22.3 Å². The molecule has 0 aliphatic carbocycles. The van der Waals surface area contributed by atoms with E-state index in [1.165, 1.54) is 24.5 Å². The van der Waals surface area contributed by atoms with Crippen LogP contribution in [-0.2, 0) is 26.1 Å². The molecule has 37 heavy (non-hydrogen) atoms. The van der Waals surface area contributed by atoms with Crippen molar-refractivity contribution in [1.82, 2.24) is 19.5 Å². The molecule has 2 aromatic heterocycles. The minimum absolute atomic E-state index is 0.0952. The van der Waals surface area contributed by atoms with Gasteiger partial charge in [0.25, 0.3) is 11.6 Å². The number of rotatable bonds is 8. The van der Waals surface area contributed by atoms with E-state index in [1.807, 2.05) is 0 Å². The summed E-state index contributed by atoms with van der Waals surface area (Å²) in [5, 5.41) is -0.483. The zero-order valence-electron chi connectivity index (χ0n) is 19.3. The van der Waals surface area contributed by atoms with Gasteiger partial charge in [0.2, 0.25) is 0 Å². The fourth-order valence-corrected chi connectivity index (χ4v) is 3.66. The number of hydrogen-bond acceptors (Lipinski definition) is 6. The quantitative estimate of drug-likeness (QED) is 0.282. The van der Waals surface area contributed by atoms with Gasteiger partial charge in [0.05, 0.1) is 17.2 Å². The van der Waals surface area contributed by atoms with Crippen molar-refractivity contribution in [2.75, 3.05) is 6.61 Å². The lowest BCUT2D eigenvalue weighted by Crippen LogP contribution is -2.19. The Kier molecular flexibility index (Phi) is 7.72. The van der Waals surface area contributed by atoms with E-state index in [9.17, 15) is 22.4 Å². The second-order valence-electron chi connectivity index (χ2n) is 7.99. The molecule has 192 valence electrons. The highest BCUT2D eigenvalue weighted by Crippen LogP contribution is 2.38. The van der Waals surface area contributed by atoms with Crippen LogP contribution in [0.2, 0.25) is 5.02 Å². The summed E-state index contributed by atoms with van der Waals surface area (Å²) in [4.78, 5) is 24.2. The first-order valence-electron chi connectivity index (χ1n) is 10.9. The van der Waals surface area contributed by atoms with Gasteiger partial charge in [-0.2, -0.15) is 18.2 Å². The third-order valence-corrected chi connectivity index (χ3v) is 5.55. The summed E-state index contributed by atoms with van der Waals surface area (Å²) < 4.78 is 66.1. The Bertz CT molecular complexity index is 1460.